The molecule has 2 aliphatic heterocycles. The number of phenolic OH excluding ortho intramolecular Hbond substituents is 2. The topological polar surface area (TPSA) is 155 Å². The molecule has 0 amide bonds. The lowest BCUT2D eigenvalue weighted by Crippen LogP contribution is -2.62. The molecule has 74 heavy (non-hydrogen) atoms. The number of halogens is 2. The average molecular weight is 1040 g/mol. The monoisotopic (exact) mass is 1040 g/mol. The van der Waals surface area contributed by atoms with Gasteiger partial charge in [-0.1, -0.05) is 35.3 Å². The van der Waals surface area contributed by atoms with E-state index in [1.807, 2.05) is 64.6 Å². The van der Waals surface area contributed by atoms with Crippen molar-refractivity contribution in [3.63, 3.8) is 0 Å². The van der Waals surface area contributed by atoms with Gasteiger partial charge >= 0.3 is 0 Å². The minimum absolute atomic E-state index is 0.0128. The number of fused-ring (bicyclic) bond motifs is 2. The van der Waals surface area contributed by atoms with Gasteiger partial charge in [-0.2, -0.15) is 0 Å². The number of Topliss-reactive ketones (excluding diaryl/α,β-unsaturated/α-hetero) is 3. The van der Waals surface area contributed by atoms with Crippen LogP contribution in [0, 0.1) is 11.8 Å². The van der Waals surface area contributed by atoms with Crippen molar-refractivity contribution in [2.24, 2.45) is 11.8 Å². The first-order valence-corrected chi connectivity index (χ1v) is 26.3. The molecule has 4 heterocycles. The number of ketones is 3. The van der Waals surface area contributed by atoms with Crippen LogP contribution in [-0.4, -0.2) is 177 Å². The Morgan fingerprint density at radius 3 is 1.30 bits per heavy atom. The lowest BCUT2D eigenvalue weighted by atomic mass is 9.96. The number of hydrogen-bond acceptors (Lipinski definition) is 15. The maximum absolute atomic E-state index is 15.4. The first kappa shape index (κ1) is 51.4. The Morgan fingerprint density at radius 1 is 0.581 bits per heavy atom. The average Bonchev–Trinajstić information content (AvgIpc) is 4.35. The van der Waals surface area contributed by atoms with Gasteiger partial charge in [0, 0.05) is 100 Å². The van der Waals surface area contributed by atoms with Gasteiger partial charge in [-0.25, -0.2) is 0 Å². The van der Waals surface area contributed by atoms with Crippen molar-refractivity contribution in [3.05, 3.63) is 94.2 Å². The standard InChI is InChI=1S/C57H64Cl2N8O7/c1-62(2)31-47(64-15-19-66(20-16-64)51-39-23-35(37-25-43(58)55(70)49(27-37)73-5)11-13-45(39)60-29-41(51)53(68)33-7-8-33)57(72)48(32-63(3)4)65-17-21-67(22-18-65)52-40-24-36(38-26-44(59)56(71)50(28-38)74-6)12-14-46(40)61-30-42(52)54(69)34-9-10-34/h11-14,23-30,33-34,47-48,70-71H,7-10,15-22,31-32H2,1-6H3. The summed E-state index contributed by atoms with van der Waals surface area (Å²) in [4.78, 5) is 66.5. The van der Waals surface area contributed by atoms with E-state index in [0.717, 1.165) is 81.1 Å². The van der Waals surface area contributed by atoms with Crippen molar-refractivity contribution in [2.45, 2.75) is 37.8 Å². The van der Waals surface area contributed by atoms with Crippen molar-refractivity contribution in [3.8, 4) is 45.3 Å². The number of carbonyl (C=O) groups is 3. The highest BCUT2D eigenvalue weighted by Gasteiger charge is 2.40. The molecule has 6 aromatic rings. The highest BCUT2D eigenvalue weighted by atomic mass is 35.5. The Balaban J connectivity index is 0.914. The molecular weight excluding hydrogens is 980 g/mol. The normalized spacial score (nSPS) is 17.6. The fourth-order valence-electron chi connectivity index (χ4n) is 10.9. The molecule has 2 saturated carbocycles. The number of pyridine rings is 2. The van der Waals surface area contributed by atoms with Crippen LogP contribution < -0.4 is 19.3 Å². The molecule has 2 N–H and O–H groups in total. The van der Waals surface area contributed by atoms with E-state index in [2.05, 4.69) is 29.4 Å². The molecule has 0 spiro atoms. The first-order valence-electron chi connectivity index (χ1n) is 25.5. The maximum Gasteiger partial charge on any atom is 0.176 e. The zero-order valence-electron chi connectivity index (χ0n) is 42.9. The zero-order chi connectivity index (χ0) is 52.1. The van der Waals surface area contributed by atoms with Crippen molar-refractivity contribution in [1.29, 1.82) is 0 Å². The van der Waals surface area contributed by atoms with E-state index in [4.69, 9.17) is 42.6 Å². The van der Waals surface area contributed by atoms with Crippen LogP contribution in [0.4, 0.5) is 11.4 Å². The van der Waals surface area contributed by atoms with Gasteiger partial charge in [0.25, 0.3) is 0 Å². The predicted molar refractivity (Wildman–Crippen MR) is 292 cm³/mol. The summed E-state index contributed by atoms with van der Waals surface area (Å²) < 4.78 is 10.9. The van der Waals surface area contributed by atoms with Gasteiger partial charge in [-0.3, -0.25) is 34.2 Å². The number of carbonyl (C=O) groups excluding carboxylic acids is 3. The van der Waals surface area contributed by atoms with Gasteiger partial charge < -0.3 is 39.3 Å². The number of anilines is 2. The Bertz CT molecular complexity index is 2940. The number of likely N-dealkylation sites (N-methyl/N-ethyl adjacent to an activating group) is 2. The van der Waals surface area contributed by atoms with E-state index in [1.165, 1.54) is 14.2 Å². The van der Waals surface area contributed by atoms with E-state index in [0.29, 0.717) is 76.6 Å². The summed E-state index contributed by atoms with van der Waals surface area (Å²) >= 11 is 12.9. The van der Waals surface area contributed by atoms with Crippen LogP contribution in [0.15, 0.2) is 73.1 Å². The Labute approximate surface area is 442 Å². The summed E-state index contributed by atoms with van der Waals surface area (Å²) in [6, 6.07) is 18.1. The second kappa shape index (κ2) is 21.3. The smallest absolute Gasteiger partial charge is 0.176 e. The molecule has 0 radical (unpaired) electrons. The van der Waals surface area contributed by atoms with E-state index in [-0.39, 0.29) is 62.2 Å². The van der Waals surface area contributed by atoms with Gasteiger partial charge in [-0.05, 0) is 125 Å². The summed E-state index contributed by atoms with van der Waals surface area (Å²) in [5.74, 6) is 0.646. The van der Waals surface area contributed by atoms with Gasteiger partial charge in [0.05, 0.1) is 69.9 Å². The minimum atomic E-state index is -0.393. The summed E-state index contributed by atoms with van der Waals surface area (Å²) in [7, 11) is 11.0. The summed E-state index contributed by atoms with van der Waals surface area (Å²) in [5, 5.41) is 23.0. The number of aromatic nitrogens is 2. The van der Waals surface area contributed by atoms with Gasteiger partial charge in [0.1, 0.15) is 0 Å². The lowest BCUT2D eigenvalue weighted by molar-refractivity contribution is -0.131. The Morgan fingerprint density at radius 2 is 0.959 bits per heavy atom. The number of benzene rings is 4. The number of phenols is 2. The van der Waals surface area contributed by atoms with Crippen molar-refractivity contribution >= 4 is 73.7 Å². The molecule has 10 rings (SSSR count). The number of piperazine rings is 2. The molecule has 388 valence electrons. The molecule has 17 heteroatoms. The van der Waals surface area contributed by atoms with E-state index >= 15 is 4.79 Å². The third kappa shape index (κ3) is 10.3. The number of methoxy groups -OCH3 is 2. The van der Waals surface area contributed by atoms with Gasteiger partial charge in [0.2, 0.25) is 0 Å². The van der Waals surface area contributed by atoms with Crippen LogP contribution in [0.1, 0.15) is 46.4 Å². The fourth-order valence-corrected chi connectivity index (χ4v) is 11.3. The molecular formula is C57H64Cl2N8O7. The third-order valence-corrected chi connectivity index (χ3v) is 15.7. The Kier molecular flexibility index (Phi) is 14.8. The second-order valence-electron chi connectivity index (χ2n) is 20.8. The van der Waals surface area contributed by atoms with Crippen molar-refractivity contribution < 1.29 is 34.1 Å². The quantitative estimate of drug-likeness (QED) is 0.0791. The second-order valence-corrected chi connectivity index (χ2v) is 21.6. The molecule has 2 saturated heterocycles. The van der Waals surface area contributed by atoms with Crippen LogP contribution in [0.2, 0.25) is 10.0 Å². The number of hydrogen-bond donors (Lipinski definition) is 2. The maximum atomic E-state index is 15.4. The van der Waals surface area contributed by atoms with Crippen LogP contribution in [-0.2, 0) is 4.79 Å². The number of nitrogens with zero attached hydrogens (tertiary/aromatic N) is 8. The fraction of sp³-hybridized carbons (Fsp3) is 0.421. The van der Waals surface area contributed by atoms with Crippen molar-refractivity contribution in [2.75, 3.05) is 118 Å². The van der Waals surface area contributed by atoms with Crippen LogP contribution >= 0.6 is 23.2 Å². The van der Waals surface area contributed by atoms with Gasteiger partial charge in [0.15, 0.2) is 40.3 Å². The van der Waals surface area contributed by atoms with Gasteiger partial charge in [-0.15, -0.1) is 0 Å². The highest BCUT2D eigenvalue weighted by molar-refractivity contribution is 6.33. The Hall–Kier alpha value is -6.07. The van der Waals surface area contributed by atoms with E-state index < -0.39 is 12.1 Å². The molecule has 2 atom stereocenters. The molecule has 2 aromatic heterocycles. The summed E-state index contributed by atoms with van der Waals surface area (Å²) in [6.45, 7) is 5.90. The molecule has 2 unspecified atom stereocenters. The number of aromatic hydroxyl groups is 2. The van der Waals surface area contributed by atoms with Crippen LogP contribution in [0.5, 0.6) is 23.0 Å². The molecule has 15 nitrogen and oxygen atoms in total. The number of ether oxygens (including phenoxy) is 2. The summed E-state index contributed by atoms with van der Waals surface area (Å²) in [5.41, 5.74) is 7.66. The number of rotatable bonds is 18. The SMILES string of the molecule is COc1cc(-c2ccc3ncc(C(=O)C4CC4)c(N4CCN(C(CN(C)C)C(=O)C(CN(C)C)N5CCN(c6c(C(=O)C7CC7)cnc7ccc(-c8cc(Cl)c(O)c(OC)c8)cc67)CC5)CC4)c3c2)cc(Cl)c1O. The molecule has 4 fully saturated rings. The van der Waals surface area contributed by atoms with Crippen LogP contribution in [0.25, 0.3) is 44.1 Å². The minimum Gasteiger partial charge on any atom is -0.503 e. The first-order chi connectivity index (χ1) is 35.6. The lowest BCUT2D eigenvalue weighted by Gasteiger charge is -2.45. The highest BCUT2D eigenvalue weighted by Crippen LogP contribution is 2.44. The summed E-state index contributed by atoms with van der Waals surface area (Å²) in [6.07, 6.45) is 6.94. The molecule has 4 aliphatic rings. The van der Waals surface area contributed by atoms with E-state index in [9.17, 15) is 19.8 Å². The van der Waals surface area contributed by atoms with Crippen LogP contribution in [0.3, 0.4) is 0 Å². The third-order valence-electron chi connectivity index (χ3n) is 15.1. The zero-order valence-corrected chi connectivity index (χ0v) is 44.4. The molecule has 4 aromatic carbocycles. The predicted octanol–water partition coefficient (Wildman–Crippen LogP) is 8.41. The van der Waals surface area contributed by atoms with Crippen molar-refractivity contribution in [1.82, 2.24) is 29.6 Å². The molecule has 2 aliphatic carbocycles. The largest absolute Gasteiger partial charge is 0.503 e. The van der Waals surface area contributed by atoms with E-state index in [1.54, 1.807) is 36.7 Å². The molecule has 0 bridgehead atoms.